The van der Waals surface area contributed by atoms with Crippen LogP contribution in [0.5, 0.6) is 0 Å². The molecule has 1 saturated carbocycles. The second-order valence-electron chi connectivity index (χ2n) is 5.97. The fourth-order valence-electron chi connectivity index (χ4n) is 2.59. The molecule has 1 amide bonds. The summed E-state index contributed by atoms with van der Waals surface area (Å²) >= 11 is 0. The molecule has 1 aliphatic carbocycles. The minimum atomic E-state index is -0.978. The zero-order chi connectivity index (χ0) is 16.6. The molecule has 1 fully saturated rings. The molecule has 23 heavy (non-hydrogen) atoms. The van der Waals surface area contributed by atoms with E-state index in [1.54, 1.807) is 29.9 Å². The Morgan fingerprint density at radius 2 is 1.96 bits per heavy atom. The standard InChI is InChI=1S/C17H19N3O3/c1-11-9-18-19(10-11)14-5-3-13(4-6-14)16(21)20(15-7-8-15)12(2)17(22)23/h3-6,9-10,12,15H,7-8H2,1-2H3,(H,22,23). The molecule has 0 aliphatic heterocycles. The van der Waals surface area contributed by atoms with E-state index < -0.39 is 12.0 Å². The van der Waals surface area contributed by atoms with Gasteiger partial charge in [-0.25, -0.2) is 9.48 Å². The number of aromatic nitrogens is 2. The molecule has 6 nitrogen and oxygen atoms in total. The van der Waals surface area contributed by atoms with Crippen LogP contribution in [0.1, 0.15) is 35.7 Å². The molecule has 0 spiro atoms. The van der Waals surface area contributed by atoms with Crippen molar-refractivity contribution in [3.05, 3.63) is 47.8 Å². The molecular formula is C17H19N3O3. The lowest BCUT2D eigenvalue weighted by Gasteiger charge is -2.26. The highest BCUT2D eigenvalue weighted by Crippen LogP contribution is 2.30. The summed E-state index contributed by atoms with van der Waals surface area (Å²) in [5.41, 5.74) is 2.41. The predicted molar refractivity (Wildman–Crippen MR) is 84.6 cm³/mol. The van der Waals surface area contributed by atoms with Gasteiger partial charge in [-0.15, -0.1) is 0 Å². The van der Waals surface area contributed by atoms with Gasteiger partial charge in [0.15, 0.2) is 0 Å². The molecule has 1 aliphatic rings. The van der Waals surface area contributed by atoms with Crippen molar-refractivity contribution in [3.63, 3.8) is 0 Å². The molecule has 1 atom stereocenters. The number of nitrogens with zero attached hydrogens (tertiary/aromatic N) is 3. The third-order valence-electron chi connectivity index (χ3n) is 4.04. The predicted octanol–water partition coefficient (Wildman–Crippen LogP) is 2.26. The molecule has 120 valence electrons. The van der Waals surface area contributed by atoms with Gasteiger partial charge >= 0.3 is 5.97 Å². The third-order valence-corrected chi connectivity index (χ3v) is 4.04. The van der Waals surface area contributed by atoms with E-state index in [1.165, 1.54) is 4.90 Å². The largest absolute Gasteiger partial charge is 0.480 e. The molecule has 0 bridgehead atoms. The summed E-state index contributed by atoms with van der Waals surface area (Å²) in [5, 5.41) is 13.4. The van der Waals surface area contributed by atoms with Crippen molar-refractivity contribution in [3.8, 4) is 5.69 Å². The topological polar surface area (TPSA) is 75.4 Å². The summed E-state index contributed by atoms with van der Waals surface area (Å²) in [6.07, 6.45) is 5.41. The molecule has 6 heteroatoms. The Labute approximate surface area is 134 Å². The molecule has 1 N–H and O–H groups in total. The van der Waals surface area contributed by atoms with Gasteiger partial charge in [0.05, 0.1) is 11.9 Å². The van der Waals surface area contributed by atoms with Gasteiger partial charge in [0.2, 0.25) is 0 Å². The first kappa shape index (κ1) is 15.3. The van der Waals surface area contributed by atoms with Gasteiger partial charge in [0.1, 0.15) is 6.04 Å². The number of amides is 1. The van der Waals surface area contributed by atoms with Crippen molar-refractivity contribution in [2.45, 2.75) is 38.8 Å². The van der Waals surface area contributed by atoms with Crippen LogP contribution >= 0.6 is 0 Å². The number of hydrogen-bond acceptors (Lipinski definition) is 3. The van der Waals surface area contributed by atoms with Crippen molar-refractivity contribution in [2.75, 3.05) is 0 Å². The van der Waals surface area contributed by atoms with E-state index in [9.17, 15) is 14.7 Å². The van der Waals surface area contributed by atoms with Gasteiger partial charge in [0, 0.05) is 17.8 Å². The second-order valence-corrected chi connectivity index (χ2v) is 5.97. The Bertz CT molecular complexity index is 732. The highest BCUT2D eigenvalue weighted by atomic mass is 16.4. The summed E-state index contributed by atoms with van der Waals surface area (Å²) < 4.78 is 1.74. The Balaban J connectivity index is 1.83. The summed E-state index contributed by atoms with van der Waals surface area (Å²) in [6, 6.07) is 6.30. The molecule has 1 aromatic heterocycles. The van der Waals surface area contributed by atoms with Crippen molar-refractivity contribution < 1.29 is 14.7 Å². The van der Waals surface area contributed by atoms with E-state index in [2.05, 4.69) is 5.10 Å². The van der Waals surface area contributed by atoms with Crippen LogP contribution < -0.4 is 0 Å². The Morgan fingerprint density at radius 1 is 1.30 bits per heavy atom. The summed E-state index contributed by atoms with van der Waals surface area (Å²) in [5.74, 6) is -1.21. The van der Waals surface area contributed by atoms with Crippen molar-refractivity contribution in [1.82, 2.24) is 14.7 Å². The van der Waals surface area contributed by atoms with Crippen LogP contribution in [0.2, 0.25) is 0 Å². The summed E-state index contributed by atoms with van der Waals surface area (Å²) in [4.78, 5) is 25.4. The van der Waals surface area contributed by atoms with Crippen LogP contribution in [0, 0.1) is 6.92 Å². The van der Waals surface area contributed by atoms with Gasteiger partial charge in [-0.05, 0) is 56.5 Å². The molecule has 2 aromatic rings. The third kappa shape index (κ3) is 3.11. The maximum absolute atomic E-state index is 12.7. The van der Waals surface area contributed by atoms with Gasteiger partial charge in [-0.1, -0.05) is 0 Å². The number of carboxylic acid groups (broad SMARTS) is 1. The van der Waals surface area contributed by atoms with Crippen LogP contribution in [0.3, 0.4) is 0 Å². The number of aliphatic carboxylic acids is 1. The minimum absolute atomic E-state index is 0.0436. The monoisotopic (exact) mass is 313 g/mol. The number of carbonyl (C=O) groups excluding carboxylic acids is 1. The van der Waals surface area contributed by atoms with Gasteiger partial charge in [0.25, 0.3) is 5.91 Å². The van der Waals surface area contributed by atoms with E-state index in [0.29, 0.717) is 5.56 Å². The van der Waals surface area contributed by atoms with Crippen LogP contribution in [-0.2, 0) is 4.79 Å². The number of aryl methyl sites for hydroxylation is 1. The van der Waals surface area contributed by atoms with E-state index >= 15 is 0 Å². The van der Waals surface area contributed by atoms with E-state index in [-0.39, 0.29) is 11.9 Å². The lowest BCUT2D eigenvalue weighted by atomic mass is 10.1. The van der Waals surface area contributed by atoms with E-state index in [0.717, 1.165) is 24.1 Å². The first-order valence-corrected chi connectivity index (χ1v) is 7.64. The fourth-order valence-corrected chi connectivity index (χ4v) is 2.59. The number of rotatable bonds is 5. The lowest BCUT2D eigenvalue weighted by Crippen LogP contribution is -2.44. The fraction of sp³-hybridized carbons (Fsp3) is 0.353. The highest BCUT2D eigenvalue weighted by Gasteiger charge is 2.38. The number of carbonyl (C=O) groups is 2. The molecule has 0 radical (unpaired) electrons. The zero-order valence-electron chi connectivity index (χ0n) is 13.1. The molecule has 0 saturated heterocycles. The maximum atomic E-state index is 12.7. The highest BCUT2D eigenvalue weighted by molar-refractivity contribution is 5.97. The zero-order valence-corrected chi connectivity index (χ0v) is 13.1. The van der Waals surface area contributed by atoms with Crippen LogP contribution in [-0.4, -0.2) is 43.7 Å². The first-order valence-electron chi connectivity index (χ1n) is 7.64. The number of benzene rings is 1. The molecule has 3 rings (SSSR count). The minimum Gasteiger partial charge on any atom is -0.480 e. The van der Waals surface area contributed by atoms with E-state index in [4.69, 9.17) is 0 Å². The molecule has 1 unspecified atom stereocenters. The smallest absolute Gasteiger partial charge is 0.326 e. The van der Waals surface area contributed by atoms with Crippen molar-refractivity contribution in [2.24, 2.45) is 0 Å². The summed E-state index contributed by atoms with van der Waals surface area (Å²) in [6.45, 7) is 3.52. The SMILES string of the molecule is Cc1cnn(-c2ccc(C(=O)N(C3CC3)C(C)C(=O)O)cc2)c1. The Morgan fingerprint density at radius 3 is 2.43 bits per heavy atom. The number of hydrogen-bond donors (Lipinski definition) is 1. The van der Waals surface area contributed by atoms with Crippen molar-refractivity contribution >= 4 is 11.9 Å². The van der Waals surface area contributed by atoms with E-state index in [1.807, 2.05) is 25.3 Å². The Kier molecular flexibility index (Phi) is 3.90. The molecule has 1 aromatic carbocycles. The Hall–Kier alpha value is -2.63. The quantitative estimate of drug-likeness (QED) is 0.918. The average Bonchev–Trinajstić information content (AvgIpc) is 3.27. The lowest BCUT2D eigenvalue weighted by molar-refractivity contribution is -0.141. The van der Waals surface area contributed by atoms with Crippen LogP contribution in [0.4, 0.5) is 0 Å². The maximum Gasteiger partial charge on any atom is 0.326 e. The van der Waals surface area contributed by atoms with Gasteiger partial charge < -0.3 is 10.0 Å². The molecule has 1 heterocycles. The number of carboxylic acids is 1. The van der Waals surface area contributed by atoms with Gasteiger partial charge in [-0.2, -0.15) is 5.10 Å². The first-order chi connectivity index (χ1) is 11.0. The van der Waals surface area contributed by atoms with Crippen LogP contribution in [0.25, 0.3) is 5.69 Å². The normalized spacial score (nSPS) is 15.2. The second kappa shape index (κ2) is 5.87. The molecular weight excluding hydrogens is 294 g/mol. The summed E-state index contributed by atoms with van der Waals surface area (Å²) in [7, 11) is 0. The van der Waals surface area contributed by atoms with Crippen LogP contribution in [0.15, 0.2) is 36.7 Å². The van der Waals surface area contributed by atoms with Gasteiger partial charge in [-0.3, -0.25) is 4.79 Å². The van der Waals surface area contributed by atoms with Crippen molar-refractivity contribution in [1.29, 1.82) is 0 Å². The average molecular weight is 313 g/mol.